The van der Waals surface area contributed by atoms with E-state index in [2.05, 4.69) is 15.0 Å². The number of ether oxygens (including phenoxy) is 1. The lowest BCUT2D eigenvalue weighted by molar-refractivity contribution is -0.274. The number of nitrogens with one attached hydrogen (secondary N) is 1. The first-order valence-corrected chi connectivity index (χ1v) is 7.45. The van der Waals surface area contributed by atoms with Crippen molar-refractivity contribution < 1.29 is 17.9 Å². The molecule has 1 heterocycles. The van der Waals surface area contributed by atoms with Crippen molar-refractivity contribution in [1.82, 2.24) is 4.98 Å². The Morgan fingerprint density at radius 1 is 1.22 bits per heavy atom. The maximum Gasteiger partial charge on any atom is 0.573 e. The second-order valence-electron chi connectivity index (χ2n) is 5.81. The number of pyridine rings is 1. The molecule has 23 heavy (non-hydrogen) atoms. The minimum atomic E-state index is -4.68. The van der Waals surface area contributed by atoms with E-state index in [4.69, 9.17) is 0 Å². The molecule has 0 aliphatic heterocycles. The van der Waals surface area contributed by atoms with Crippen molar-refractivity contribution in [1.29, 1.82) is 0 Å². The topological polar surface area (TPSA) is 34.1 Å². The molecule has 0 radical (unpaired) electrons. The highest BCUT2D eigenvalue weighted by Gasteiger charge is 2.32. The highest BCUT2D eigenvalue weighted by molar-refractivity contribution is 5.41. The summed E-state index contributed by atoms with van der Waals surface area (Å²) in [5, 5.41) is 3.12. The maximum atomic E-state index is 12.5. The second kappa shape index (κ2) is 6.10. The van der Waals surface area contributed by atoms with Crippen LogP contribution in [0.15, 0.2) is 36.5 Å². The Labute approximate surface area is 132 Å². The van der Waals surface area contributed by atoms with E-state index in [1.165, 1.54) is 12.1 Å². The SMILES string of the molecule is Cc1ccc(NCc2cc(OC(F)(F)F)cc(C3CC3)c2)nc1. The fraction of sp³-hybridized carbons (Fsp3) is 0.353. The van der Waals surface area contributed by atoms with Crippen molar-refractivity contribution in [2.75, 3.05) is 5.32 Å². The van der Waals surface area contributed by atoms with Crippen LogP contribution in [0, 0.1) is 6.92 Å². The third kappa shape index (κ3) is 4.61. The van der Waals surface area contributed by atoms with E-state index in [0.29, 0.717) is 18.3 Å². The molecule has 0 atom stereocenters. The number of hydrogen-bond acceptors (Lipinski definition) is 3. The summed E-state index contributed by atoms with van der Waals surface area (Å²) in [6.07, 6.45) is -0.907. The molecule has 1 fully saturated rings. The lowest BCUT2D eigenvalue weighted by Crippen LogP contribution is -2.17. The summed E-state index contributed by atoms with van der Waals surface area (Å²) < 4.78 is 41.5. The highest BCUT2D eigenvalue weighted by atomic mass is 19.4. The van der Waals surface area contributed by atoms with Crippen LogP contribution in [-0.4, -0.2) is 11.3 Å². The van der Waals surface area contributed by atoms with E-state index in [1.54, 1.807) is 6.20 Å². The van der Waals surface area contributed by atoms with Gasteiger partial charge in [0.1, 0.15) is 11.6 Å². The zero-order chi connectivity index (χ0) is 16.4. The fourth-order valence-corrected chi connectivity index (χ4v) is 2.40. The number of benzene rings is 1. The summed E-state index contributed by atoms with van der Waals surface area (Å²) in [4.78, 5) is 4.22. The van der Waals surface area contributed by atoms with Crippen molar-refractivity contribution in [3.63, 3.8) is 0 Å². The lowest BCUT2D eigenvalue weighted by Gasteiger charge is -2.13. The van der Waals surface area contributed by atoms with Gasteiger partial charge in [-0.1, -0.05) is 12.1 Å². The van der Waals surface area contributed by atoms with Crippen LogP contribution in [0.2, 0.25) is 0 Å². The third-order valence-electron chi connectivity index (χ3n) is 3.66. The summed E-state index contributed by atoms with van der Waals surface area (Å²) in [7, 11) is 0. The van der Waals surface area contributed by atoms with Gasteiger partial charge in [0.25, 0.3) is 0 Å². The molecule has 1 aromatic carbocycles. The molecule has 1 aromatic heterocycles. The standard InChI is InChI=1S/C17H17F3N2O/c1-11-2-5-16(21-9-11)22-10-12-6-14(13-3-4-13)8-15(7-12)23-17(18,19)20/h2,5-9,13H,3-4,10H2,1H3,(H,21,22). The Morgan fingerprint density at radius 3 is 2.61 bits per heavy atom. The van der Waals surface area contributed by atoms with E-state index >= 15 is 0 Å². The Hall–Kier alpha value is -2.24. The first kappa shape index (κ1) is 15.6. The Kier molecular flexibility index (Phi) is 4.15. The van der Waals surface area contributed by atoms with Crippen molar-refractivity contribution in [2.45, 2.75) is 38.6 Å². The molecule has 0 spiro atoms. The molecule has 0 unspecified atom stereocenters. The fourth-order valence-electron chi connectivity index (χ4n) is 2.40. The largest absolute Gasteiger partial charge is 0.573 e. The lowest BCUT2D eigenvalue weighted by atomic mass is 10.1. The molecule has 1 saturated carbocycles. The summed E-state index contributed by atoms with van der Waals surface area (Å²) in [5.41, 5.74) is 2.70. The van der Waals surface area contributed by atoms with Gasteiger partial charge in [0.2, 0.25) is 0 Å². The highest BCUT2D eigenvalue weighted by Crippen LogP contribution is 2.42. The Morgan fingerprint density at radius 2 is 2.00 bits per heavy atom. The number of halogens is 3. The van der Waals surface area contributed by atoms with Gasteiger partial charge in [0, 0.05) is 12.7 Å². The second-order valence-corrected chi connectivity index (χ2v) is 5.81. The first-order chi connectivity index (χ1) is 10.9. The normalized spacial score (nSPS) is 14.6. The minimum Gasteiger partial charge on any atom is -0.406 e. The molecule has 0 bridgehead atoms. The number of alkyl halides is 3. The van der Waals surface area contributed by atoms with E-state index in [-0.39, 0.29) is 5.75 Å². The van der Waals surface area contributed by atoms with Crippen LogP contribution in [0.3, 0.4) is 0 Å². The number of anilines is 1. The predicted octanol–water partition coefficient (Wildman–Crippen LogP) is 4.78. The van der Waals surface area contributed by atoms with Crippen LogP contribution in [0.5, 0.6) is 5.75 Å². The van der Waals surface area contributed by atoms with E-state index in [0.717, 1.165) is 29.5 Å². The van der Waals surface area contributed by atoms with Crippen LogP contribution < -0.4 is 10.1 Å². The molecular weight excluding hydrogens is 305 g/mol. The van der Waals surface area contributed by atoms with Gasteiger partial charge in [-0.25, -0.2) is 4.98 Å². The minimum absolute atomic E-state index is 0.157. The molecule has 0 amide bonds. The molecule has 1 aliphatic rings. The molecule has 122 valence electrons. The summed E-state index contributed by atoms with van der Waals surface area (Å²) in [5.74, 6) is 0.879. The van der Waals surface area contributed by atoms with Gasteiger partial charge < -0.3 is 10.1 Å². The third-order valence-corrected chi connectivity index (χ3v) is 3.66. The van der Waals surface area contributed by atoms with Gasteiger partial charge in [-0.3, -0.25) is 0 Å². The summed E-state index contributed by atoms with van der Waals surface area (Å²) >= 11 is 0. The summed E-state index contributed by atoms with van der Waals surface area (Å²) in [6, 6.07) is 8.60. The molecule has 3 nitrogen and oxygen atoms in total. The molecule has 1 aliphatic carbocycles. The smallest absolute Gasteiger partial charge is 0.406 e. The van der Waals surface area contributed by atoms with Crippen LogP contribution >= 0.6 is 0 Å². The molecular formula is C17H17F3N2O. The van der Waals surface area contributed by atoms with Crippen molar-refractivity contribution in [3.8, 4) is 5.75 Å². The average molecular weight is 322 g/mol. The zero-order valence-corrected chi connectivity index (χ0v) is 12.7. The number of rotatable bonds is 5. The van der Waals surface area contributed by atoms with E-state index < -0.39 is 6.36 Å². The Bertz CT molecular complexity index is 679. The first-order valence-electron chi connectivity index (χ1n) is 7.45. The van der Waals surface area contributed by atoms with Gasteiger partial charge in [-0.15, -0.1) is 13.2 Å². The van der Waals surface area contributed by atoms with Crippen molar-refractivity contribution >= 4 is 5.82 Å². The van der Waals surface area contributed by atoms with E-state index in [9.17, 15) is 13.2 Å². The van der Waals surface area contributed by atoms with Crippen LogP contribution in [0.4, 0.5) is 19.0 Å². The van der Waals surface area contributed by atoms with Crippen LogP contribution in [0.1, 0.15) is 35.4 Å². The van der Waals surface area contributed by atoms with Gasteiger partial charge in [0.05, 0.1) is 0 Å². The molecule has 2 aromatic rings. The zero-order valence-electron chi connectivity index (χ0n) is 12.7. The maximum absolute atomic E-state index is 12.5. The van der Waals surface area contributed by atoms with Crippen LogP contribution in [0.25, 0.3) is 0 Å². The van der Waals surface area contributed by atoms with Gasteiger partial charge in [0.15, 0.2) is 0 Å². The quantitative estimate of drug-likeness (QED) is 0.860. The number of hydrogen-bond donors (Lipinski definition) is 1. The van der Waals surface area contributed by atoms with Gasteiger partial charge in [-0.05, 0) is 60.6 Å². The molecule has 0 saturated heterocycles. The number of aryl methyl sites for hydroxylation is 1. The molecule has 3 rings (SSSR count). The number of aromatic nitrogens is 1. The van der Waals surface area contributed by atoms with E-state index in [1.807, 2.05) is 25.1 Å². The average Bonchev–Trinajstić information content (AvgIpc) is 3.29. The molecule has 1 N–H and O–H groups in total. The van der Waals surface area contributed by atoms with Crippen molar-refractivity contribution in [2.24, 2.45) is 0 Å². The number of nitrogens with zero attached hydrogens (tertiary/aromatic N) is 1. The predicted molar refractivity (Wildman–Crippen MR) is 81.4 cm³/mol. The Balaban J connectivity index is 1.75. The van der Waals surface area contributed by atoms with Gasteiger partial charge in [-0.2, -0.15) is 0 Å². The van der Waals surface area contributed by atoms with Gasteiger partial charge >= 0.3 is 6.36 Å². The molecule has 6 heteroatoms. The summed E-state index contributed by atoms with van der Waals surface area (Å²) in [6.45, 7) is 2.33. The van der Waals surface area contributed by atoms with Crippen LogP contribution in [-0.2, 0) is 6.54 Å². The van der Waals surface area contributed by atoms with Crippen molar-refractivity contribution in [3.05, 3.63) is 53.2 Å². The monoisotopic (exact) mass is 322 g/mol.